The van der Waals surface area contributed by atoms with Crippen molar-refractivity contribution in [1.29, 1.82) is 0 Å². The van der Waals surface area contributed by atoms with Crippen LogP contribution in [0.2, 0.25) is 0 Å². The van der Waals surface area contributed by atoms with Gasteiger partial charge in [-0.25, -0.2) is 0 Å². The molecule has 3 atom stereocenters. The Morgan fingerprint density at radius 1 is 1.00 bits per heavy atom. The van der Waals surface area contributed by atoms with Crippen molar-refractivity contribution >= 4 is 0 Å². The summed E-state index contributed by atoms with van der Waals surface area (Å²) >= 11 is 0. The van der Waals surface area contributed by atoms with Crippen molar-refractivity contribution in [3.05, 3.63) is 71.8 Å². The van der Waals surface area contributed by atoms with Gasteiger partial charge in [0, 0.05) is 0 Å². The van der Waals surface area contributed by atoms with Crippen LogP contribution < -0.4 is 5.73 Å². The number of nitrogens with two attached hydrogens (primary N) is 1. The Hall–Kier alpha value is -1.72. The SMILES string of the molecule is CC1(C)O[C@@H](COCc2ccccc2)[C@H]([C@](C)(N)c2ccccc2)O1. The molecule has 1 aliphatic heterocycles. The van der Waals surface area contributed by atoms with Crippen molar-refractivity contribution in [1.82, 2.24) is 0 Å². The Morgan fingerprint density at radius 3 is 2.24 bits per heavy atom. The van der Waals surface area contributed by atoms with Crippen molar-refractivity contribution in [2.24, 2.45) is 5.73 Å². The van der Waals surface area contributed by atoms with Gasteiger partial charge in [0.15, 0.2) is 5.79 Å². The van der Waals surface area contributed by atoms with Crippen LogP contribution in [0.25, 0.3) is 0 Å². The third-order valence-electron chi connectivity index (χ3n) is 4.56. The summed E-state index contributed by atoms with van der Waals surface area (Å²) in [4.78, 5) is 0. The van der Waals surface area contributed by atoms with Crippen LogP contribution >= 0.6 is 0 Å². The Balaban J connectivity index is 1.70. The number of benzene rings is 2. The maximum Gasteiger partial charge on any atom is 0.163 e. The molecular formula is C21H27NO3. The summed E-state index contributed by atoms with van der Waals surface area (Å²) in [5, 5.41) is 0. The number of ether oxygens (including phenoxy) is 3. The second kappa shape index (κ2) is 7.26. The van der Waals surface area contributed by atoms with Crippen LogP contribution in [-0.2, 0) is 26.4 Å². The predicted octanol–water partition coefficient (Wildman–Crippen LogP) is 3.60. The number of hydrogen-bond donors (Lipinski definition) is 1. The molecule has 0 amide bonds. The standard InChI is InChI=1S/C21H27NO3/c1-20(2)24-18(15-23-14-16-10-6-4-7-11-16)19(25-20)21(3,22)17-12-8-5-9-13-17/h4-13,18-19H,14-15,22H2,1-3H3/t18-,19+,21+/m0/s1. The molecule has 2 aromatic carbocycles. The van der Waals surface area contributed by atoms with E-state index < -0.39 is 11.3 Å². The minimum atomic E-state index is -0.680. The van der Waals surface area contributed by atoms with Crippen LogP contribution in [0.1, 0.15) is 31.9 Å². The summed E-state index contributed by atoms with van der Waals surface area (Å²) in [6, 6.07) is 20.1. The molecule has 0 unspecified atom stereocenters. The molecule has 0 saturated carbocycles. The van der Waals surface area contributed by atoms with Crippen molar-refractivity contribution in [3.8, 4) is 0 Å². The van der Waals surface area contributed by atoms with E-state index in [2.05, 4.69) is 0 Å². The van der Waals surface area contributed by atoms with Crippen LogP contribution in [0.5, 0.6) is 0 Å². The third kappa shape index (κ3) is 4.28. The zero-order valence-electron chi connectivity index (χ0n) is 15.1. The molecule has 4 heteroatoms. The topological polar surface area (TPSA) is 53.7 Å². The molecule has 3 rings (SSSR count). The Morgan fingerprint density at radius 2 is 1.60 bits per heavy atom. The summed E-state index contributed by atoms with van der Waals surface area (Å²) < 4.78 is 18.1. The molecule has 2 N–H and O–H groups in total. The fourth-order valence-corrected chi connectivity index (χ4v) is 3.29. The first kappa shape index (κ1) is 18.1. The average Bonchev–Trinajstić information content (AvgIpc) is 2.92. The van der Waals surface area contributed by atoms with Crippen molar-refractivity contribution in [2.75, 3.05) is 6.61 Å². The molecule has 4 nitrogen and oxygen atoms in total. The molecular weight excluding hydrogens is 314 g/mol. The molecule has 0 aromatic heterocycles. The maximum atomic E-state index is 6.68. The summed E-state index contributed by atoms with van der Waals surface area (Å²) in [6.45, 7) is 6.79. The molecule has 1 aliphatic rings. The summed E-state index contributed by atoms with van der Waals surface area (Å²) in [6.07, 6.45) is -0.519. The molecule has 1 fully saturated rings. The van der Waals surface area contributed by atoms with Crippen LogP contribution in [0.15, 0.2) is 60.7 Å². The highest BCUT2D eigenvalue weighted by atomic mass is 16.8. The number of rotatable bonds is 6. The van der Waals surface area contributed by atoms with Crippen LogP contribution in [0.3, 0.4) is 0 Å². The summed E-state index contributed by atoms with van der Waals surface area (Å²) in [5.41, 5.74) is 8.16. The van der Waals surface area contributed by atoms with E-state index in [9.17, 15) is 0 Å². The van der Waals surface area contributed by atoms with E-state index >= 15 is 0 Å². The van der Waals surface area contributed by atoms with Gasteiger partial charge in [0.1, 0.15) is 12.2 Å². The van der Waals surface area contributed by atoms with E-state index in [1.807, 2.05) is 81.4 Å². The highest BCUT2D eigenvalue weighted by Gasteiger charge is 2.49. The van der Waals surface area contributed by atoms with Crippen molar-refractivity contribution in [3.63, 3.8) is 0 Å². The molecule has 0 radical (unpaired) electrons. The maximum absolute atomic E-state index is 6.68. The van der Waals surface area contributed by atoms with Gasteiger partial charge >= 0.3 is 0 Å². The highest BCUT2D eigenvalue weighted by Crippen LogP contribution is 2.37. The summed E-state index contributed by atoms with van der Waals surface area (Å²) in [5.74, 6) is -0.680. The zero-order chi connectivity index (χ0) is 17.9. The fourth-order valence-electron chi connectivity index (χ4n) is 3.29. The van der Waals surface area contributed by atoms with Gasteiger partial charge in [-0.05, 0) is 31.9 Å². The van der Waals surface area contributed by atoms with Gasteiger partial charge < -0.3 is 19.9 Å². The van der Waals surface area contributed by atoms with Crippen LogP contribution in [0, 0.1) is 0 Å². The van der Waals surface area contributed by atoms with Gasteiger partial charge in [-0.2, -0.15) is 0 Å². The Kier molecular flexibility index (Phi) is 5.25. The van der Waals surface area contributed by atoms with E-state index in [0.29, 0.717) is 13.2 Å². The molecule has 0 aliphatic carbocycles. The quantitative estimate of drug-likeness (QED) is 0.872. The molecule has 1 heterocycles. The fraction of sp³-hybridized carbons (Fsp3) is 0.429. The zero-order valence-corrected chi connectivity index (χ0v) is 15.1. The van der Waals surface area contributed by atoms with Crippen LogP contribution in [-0.4, -0.2) is 24.6 Å². The first-order valence-electron chi connectivity index (χ1n) is 8.70. The lowest BCUT2D eigenvalue weighted by Gasteiger charge is -2.34. The lowest BCUT2D eigenvalue weighted by atomic mass is 9.85. The molecule has 0 bridgehead atoms. The second-order valence-electron chi connectivity index (χ2n) is 7.24. The third-order valence-corrected chi connectivity index (χ3v) is 4.56. The molecule has 1 saturated heterocycles. The lowest BCUT2D eigenvalue weighted by molar-refractivity contribution is -0.155. The van der Waals surface area contributed by atoms with Crippen molar-refractivity contribution < 1.29 is 14.2 Å². The molecule has 2 aromatic rings. The monoisotopic (exact) mass is 341 g/mol. The van der Waals surface area contributed by atoms with Gasteiger partial charge in [-0.3, -0.25) is 0 Å². The minimum Gasteiger partial charge on any atom is -0.374 e. The van der Waals surface area contributed by atoms with E-state index in [1.54, 1.807) is 0 Å². The van der Waals surface area contributed by atoms with Gasteiger partial charge in [0.25, 0.3) is 0 Å². The van der Waals surface area contributed by atoms with Gasteiger partial charge in [0.2, 0.25) is 0 Å². The van der Waals surface area contributed by atoms with Gasteiger partial charge in [0.05, 0.1) is 18.8 Å². The number of hydrogen-bond acceptors (Lipinski definition) is 4. The van der Waals surface area contributed by atoms with Gasteiger partial charge in [-0.1, -0.05) is 60.7 Å². The highest BCUT2D eigenvalue weighted by molar-refractivity contribution is 5.26. The lowest BCUT2D eigenvalue weighted by Crippen LogP contribution is -2.51. The first-order chi connectivity index (χ1) is 11.9. The predicted molar refractivity (Wildman–Crippen MR) is 97.9 cm³/mol. The average molecular weight is 341 g/mol. The van der Waals surface area contributed by atoms with Crippen molar-refractivity contribution in [2.45, 2.75) is 50.9 Å². The molecule has 25 heavy (non-hydrogen) atoms. The minimum absolute atomic E-state index is 0.228. The van der Waals surface area contributed by atoms with E-state index in [0.717, 1.165) is 11.1 Å². The second-order valence-corrected chi connectivity index (χ2v) is 7.24. The van der Waals surface area contributed by atoms with E-state index in [4.69, 9.17) is 19.9 Å². The Bertz CT molecular complexity index is 670. The molecule has 0 spiro atoms. The summed E-state index contributed by atoms with van der Waals surface area (Å²) in [7, 11) is 0. The van der Waals surface area contributed by atoms with Crippen LogP contribution in [0.4, 0.5) is 0 Å². The normalized spacial score (nSPS) is 24.8. The first-order valence-corrected chi connectivity index (χ1v) is 8.70. The van der Waals surface area contributed by atoms with E-state index in [1.165, 1.54) is 0 Å². The largest absolute Gasteiger partial charge is 0.374 e. The molecule has 134 valence electrons. The van der Waals surface area contributed by atoms with Gasteiger partial charge in [-0.15, -0.1) is 0 Å². The smallest absolute Gasteiger partial charge is 0.163 e. The Labute approximate surface area is 149 Å². The van der Waals surface area contributed by atoms with E-state index in [-0.39, 0.29) is 12.2 Å².